The molecule has 4 N–H and O–H groups in total. The van der Waals surface area contributed by atoms with E-state index < -0.39 is 12.1 Å². The van der Waals surface area contributed by atoms with Gasteiger partial charge in [0.1, 0.15) is 0 Å². The van der Waals surface area contributed by atoms with Crippen molar-refractivity contribution < 1.29 is 19.4 Å². The average Bonchev–Trinajstić information content (AvgIpc) is 2.85. The molecule has 0 aromatic rings. The quantitative estimate of drug-likeness (QED) is 0.463. The van der Waals surface area contributed by atoms with Gasteiger partial charge in [-0.25, -0.2) is 9.59 Å². The van der Waals surface area contributed by atoms with E-state index >= 15 is 0 Å². The van der Waals surface area contributed by atoms with Crippen molar-refractivity contribution in [1.82, 2.24) is 16.0 Å². The molecule has 1 fully saturated rings. The van der Waals surface area contributed by atoms with Gasteiger partial charge < -0.3 is 25.8 Å². The molecule has 1 heterocycles. The van der Waals surface area contributed by atoms with E-state index in [1.807, 2.05) is 6.92 Å². The first-order valence-electron chi connectivity index (χ1n) is 6.74. The number of ether oxygens (including phenoxy) is 1. The molecule has 1 aliphatic rings. The third-order valence-corrected chi connectivity index (χ3v) is 2.94. The number of aliphatic carboxylic acids is 1. The van der Waals surface area contributed by atoms with E-state index in [1.165, 1.54) is 0 Å². The number of hydrogen-bond donors (Lipinski definition) is 4. The number of nitrogens with one attached hydrogen (secondary N) is 3. The number of carboxylic acids is 1. The molecular weight excluding hydrogens is 250 g/mol. The SMILES string of the molecule is CCNCCCNC(=O)NCC1CCC(C(=O)O)O1. The first-order chi connectivity index (χ1) is 9.13. The van der Waals surface area contributed by atoms with Crippen molar-refractivity contribution in [3.8, 4) is 0 Å². The lowest BCUT2D eigenvalue weighted by Gasteiger charge is -2.13. The van der Waals surface area contributed by atoms with Gasteiger partial charge >= 0.3 is 12.0 Å². The second-order valence-electron chi connectivity index (χ2n) is 4.51. The minimum absolute atomic E-state index is 0.200. The number of carboxylic acid groups (broad SMARTS) is 1. The summed E-state index contributed by atoms with van der Waals surface area (Å²) in [5, 5.41) is 17.4. The largest absolute Gasteiger partial charge is 0.479 e. The summed E-state index contributed by atoms with van der Waals surface area (Å²) in [6, 6.07) is -0.237. The molecule has 0 spiro atoms. The number of carbonyl (C=O) groups excluding carboxylic acids is 1. The van der Waals surface area contributed by atoms with Gasteiger partial charge in [-0.2, -0.15) is 0 Å². The minimum Gasteiger partial charge on any atom is -0.479 e. The van der Waals surface area contributed by atoms with Crippen molar-refractivity contribution in [1.29, 1.82) is 0 Å². The van der Waals surface area contributed by atoms with Crippen molar-refractivity contribution in [3.05, 3.63) is 0 Å². The van der Waals surface area contributed by atoms with Crippen LogP contribution in [0.5, 0.6) is 0 Å². The number of urea groups is 1. The van der Waals surface area contributed by atoms with Crippen molar-refractivity contribution in [2.45, 2.75) is 38.4 Å². The van der Waals surface area contributed by atoms with Crippen LogP contribution in [0.25, 0.3) is 0 Å². The zero-order valence-electron chi connectivity index (χ0n) is 11.3. The molecule has 0 aliphatic carbocycles. The maximum atomic E-state index is 11.4. The molecule has 2 amide bonds. The van der Waals surface area contributed by atoms with Gasteiger partial charge in [0.05, 0.1) is 6.10 Å². The molecule has 0 saturated carbocycles. The van der Waals surface area contributed by atoms with Crippen LogP contribution in [0.1, 0.15) is 26.2 Å². The highest BCUT2D eigenvalue weighted by Crippen LogP contribution is 2.18. The van der Waals surface area contributed by atoms with Crippen LogP contribution in [0.4, 0.5) is 4.79 Å². The lowest BCUT2D eigenvalue weighted by molar-refractivity contribution is -0.149. The smallest absolute Gasteiger partial charge is 0.332 e. The minimum atomic E-state index is -0.935. The van der Waals surface area contributed by atoms with Gasteiger partial charge in [0.2, 0.25) is 0 Å². The Morgan fingerprint density at radius 3 is 2.68 bits per heavy atom. The monoisotopic (exact) mass is 273 g/mol. The predicted molar refractivity (Wildman–Crippen MR) is 70.1 cm³/mol. The second kappa shape index (κ2) is 8.71. The highest BCUT2D eigenvalue weighted by molar-refractivity contribution is 5.74. The summed E-state index contributed by atoms with van der Waals surface area (Å²) < 4.78 is 5.28. The van der Waals surface area contributed by atoms with Gasteiger partial charge in [-0.3, -0.25) is 0 Å². The van der Waals surface area contributed by atoms with Crippen LogP contribution < -0.4 is 16.0 Å². The molecule has 0 aromatic heterocycles. The number of amides is 2. The van der Waals surface area contributed by atoms with Crippen molar-refractivity contribution in [2.24, 2.45) is 0 Å². The molecule has 2 unspecified atom stereocenters. The van der Waals surface area contributed by atoms with Crippen LogP contribution in [0.2, 0.25) is 0 Å². The molecule has 0 bridgehead atoms. The summed E-state index contributed by atoms with van der Waals surface area (Å²) in [6.45, 7) is 4.80. The normalized spacial score (nSPS) is 22.2. The van der Waals surface area contributed by atoms with Crippen molar-refractivity contribution in [2.75, 3.05) is 26.2 Å². The lowest BCUT2D eigenvalue weighted by Crippen LogP contribution is -2.40. The predicted octanol–water partition coefficient (Wildman–Crippen LogP) is -0.0826. The van der Waals surface area contributed by atoms with E-state index in [9.17, 15) is 9.59 Å². The first-order valence-corrected chi connectivity index (χ1v) is 6.74. The number of rotatable bonds is 8. The van der Waals surface area contributed by atoms with Gasteiger partial charge in [0.25, 0.3) is 0 Å². The molecule has 7 heteroatoms. The fourth-order valence-electron chi connectivity index (χ4n) is 1.90. The third-order valence-electron chi connectivity index (χ3n) is 2.94. The molecule has 0 aromatic carbocycles. The maximum absolute atomic E-state index is 11.4. The van der Waals surface area contributed by atoms with Crippen LogP contribution in [-0.4, -0.2) is 55.5 Å². The molecule has 7 nitrogen and oxygen atoms in total. The van der Waals surface area contributed by atoms with E-state index in [2.05, 4.69) is 16.0 Å². The van der Waals surface area contributed by atoms with Gasteiger partial charge in [0, 0.05) is 13.1 Å². The molecule has 1 aliphatic heterocycles. The standard InChI is InChI=1S/C12H23N3O4/c1-2-13-6-3-7-14-12(18)15-8-9-4-5-10(19-9)11(16)17/h9-10,13H,2-8H2,1H3,(H,16,17)(H2,14,15,18). The average molecular weight is 273 g/mol. The Hall–Kier alpha value is -1.34. The molecular formula is C12H23N3O4. The van der Waals surface area contributed by atoms with E-state index in [0.29, 0.717) is 25.9 Å². The Balaban J connectivity index is 2.03. The van der Waals surface area contributed by atoms with Gasteiger partial charge in [-0.15, -0.1) is 0 Å². The van der Waals surface area contributed by atoms with Crippen molar-refractivity contribution >= 4 is 12.0 Å². The van der Waals surface area contributed by atoms with Crippen LogP contribution in [-0.2, 0) is 9.53 Å². The number of carbonyl (C=O) groups is 2. The Morgan fingerprint density at radius 2 is 2.05 bits per heavy atom. The topological polar surface area (TPSA) is 99.7 Å². The molecule has 1 rings (SSSR count). The molecule has 19 heavy (non-hydrogen) atoms. The summed E-state index contributed by atoms with van der Waals surface area (Å²) >= 11 is 0. The highest BCUT2D eigenvalue weighted by atomic mass is 16.5. The van der Waals surface area contributed by atoms with Crippen molar-refractivity contribution in [3.63, 3.8) is 0 Å². The fraction of sp³-hybridized carbons (Fsp3) is 0.833. The Kier molecular flexibility index (Phi) is 7.20. The summed E-state index contributed by atoms with van der Waals surface area (Å²) in [5.41, 5.74) is 0. The second-order valence-corrected chi connectivity index (χ2v) is 4.51. The van der Waals surface area contributed by atoms with E-state index in [4.69, 9.17) is 9.84 Å². The van der Waals surface area contributed by atoms with Crippen LogP contribution >= 0.6 is 0 Å². The van der Waals surface area contributed by atoms with Gasteiger partial charge in [-0.1, -0.05) is 6.92 Å². The number of hydrogen-bond acceptors (Lipinski definition) is 4. The van der Waals surface area contributed by atoms with E-state index in [-0.39, 0.29) is 12.1 Å². The van der Waals surface area contributed by atoms with Crippen LogP contribution in [0, 0.1) is 0 Å². The lowest BCUT2D eigenvalue weighted by atomic mass is 10.2. The van der Waals surface area contributed by atoms with E-state index in [1.54, 1.807) is 0 Å². The summed E-state index contributed by atoms with van der Waals surface area (Å²) in [7, 11) is 0. The third kappa shape index (κ3) is 6.40. The summed E-state index contributed by atoms with van der Waals surface area (Å²) in [4.78, 5) is 22.1. The van der Waals surface area contributed by atoms with Crippen LogP contribution in [0.3, 0.4) is 0 Å². The van der Waals surface area contributed by atoms with Crippen LogP contribution in [0.15, 0.2) is 0 Å². The molecule has 1 saturated heterocycles. The summed E-state index contributed by atoms with van der Waals surface area (Å²) in [6.07, 6.45) is 1.12. The molecule has 0 radical (unpaired) electrons. The Labute approximate surface area is 113 Å². The zero-order valence-corrected chi connectivity index (χ0v) is 11.3. The Morgan fingerprint density at radius 1 is 1.26 bits per heavy atom. The first kappa shape index (κ1) is 15.7. The van der Waals surface area contributed by atoms with Gasteiger partial charge in [-0.05, 0) is 32.4 Å². The molecule has 110 valence electrons. The highest BCUT2D eigenvalue weighted by Gasteiger charge is 2.30. The zero-order chi connectivity index (χ0) is 14.1. The Bertz CT molecular complexity index is 299. The van der Waals surface area contributed by atoms with Gasteiger partial charge in [0.15, 0.2) is 6.10 Å². The van der Waals surface area contributed by atoms with E-state index in [0.717, 1.165) is 19.5 Å². The molecule has 2 atom stereocenters. The maximum Gasteiger partial charge on any atom is 0.332 e. The summed E-state index contributed by atoms with van der Waals surface area (Å²) in [5.74, 6) is -0.935. The fourth-order valence-corrected chi connectivity index (χ4v) is 1.90.